The van der Waals surface area contributed by atoms with E-state index in [1.54, 1.807) is 12.3 Å². The summed E-state index contributed by atoms with van der Waals surface area (Å²) >= 11 is 8.07. The molecule has 96 valence electrons. The fourth-order valence-electron chi connectivity index (χ4n) is 2.31. The first-order valence-electron chi connectivity index (χ1n) is 6.08. The topological polar surface area (TPSA) is 48.7 Å². The summed E-state index contributed by atoms with van der Waals surface area (Å²) in [5, 5.41) is 13.5. The molecule has 0 aliphatic heterocycles. The van der Waals surface area contributed by atoms with Crippen molar-refractivity contribution in [2.24, 2.45) is 0 Å². The van der Waals surface area contributed by atoms with E-state index < -0.39 is 0 Å². The van der Waals surface area contributed by atoms with Crippen molar-refractivity contribution in [2.75, 3.05) is 11.6 Å². The van der Waals surface area contributed by atoms with E-state index in [1.165, 1.54) is 12.8 Å². The highest BCUT2D eigenvalue weighted by atomic mass is 35.5. The third-order valence-electron chi connectivity index (χ3n) is 3.31. The Bertz CT molecular complexity index is 458. The second-order valence-corrected chi connectivity index (χ2v) is 6.01. The number of nitrogens with one attached hydrogen (secondary N) is 1. The second-order valence-electron chi connectivity index (χ2n) is 4.50. The van der Waals surface area contributed by atoms with Crippen LogP contribution in [0.5, 0.6) is 0 Å². The van der Waals surface area contributed by atoms with E-state index in [0.717, 1.165) is 12.8 Å². The minimum atomic E-state index is 0.412. The van der Waals surface area contributed by atoms with E-state index in [-0.39, 0.29) is 0 Å². The van der Waals surface area contributed by atoms with Gasteiger partial charge in [0, 0.05) is 17.5 Å². The molecule has 1 N–H and O–H groups in total. The molecule has 3 nitrogen and oxygen atoms in total. The molecule has 1 aromatic rings. The van der Waals surface area contributed by atoms with Crippen molar-refractivity contribution in [2.45, 2.75) is 37.0 Å². The maximum atomic E-state index is 8.94. The molecule has 1 heterocycles. The van der Waals surface area contributed by atoms with Crippen molar-refractivity contribution in [3.8, 4) is 6.07 Å². The lowest BCUT2D eigenvalue weighted by atomic mass is 9.95. The molecule has 1 aliphatic rings. The Hall–Kier alpha value is -0.920. The summed E-state index contributed by atoms with van der Waals surface area (Å²) in [4.78, 5) is 4.23. The van der Waals surface area contributed by atoms with E-state index in [1.807, 2.05) is 11.8 Å². The van der Waals surface area contributed by atoms with Crippen LogP contribution in [0.4, 0.5) is 5.82 Å². The minimum Gasteiger partial charge on any atom is -0.366 e. The normalized spacial score (nSPS) is 23.4. The molecule has 2 rings (SSSR count). The summed E-state index contributed by atoms with van der Waals surface area (Å²) in [6.45, 7) is 0. The van der Waals surface area contributed by atoms with Gasteiger partial charge in [-0.05, 0) is 31.6 Å². The number of rotatable bonds is 3. The van der Waals surface area contributed by atoms with Crippen molar-refractivity contribution < 1.29 is 0 Å². The number of hydrogen-bond acceptors (Lipinski definition) is 4. The van der Waals surface area contributed by atoms with Crippen LogP contribution in [-0.2, 0) is 0 Å². The predicted octanol–water partition coefficient (Wildman–Crippen LogP) is 3.69. The van der Waals surface area contributed by atoms with Crippen molar-refractivity contribution in [1.29, 1.82) is 5.26 Å². The van der Waals surface area contributed by atoms with Crippen LogP contribution in [0, 0.1) is 11.3 Å². The number of hydrogen-bond donors (Lipinski definition) is 1. The molecular formula is C13H16ClN3S. The predicted molar refractivity (Wildman–Crippen MR) is 77.1 cm³/mol. The van der Waals surface area contributed by atoms with Crippen LogP contribution < -0.4 is 5.32 Å². The number of nitriles is 1. The second kappa shape index (κ2) is 6.31. The van der Waals surface area contributed by atoms with Crippen LogP contribution in [-0.4, -0.2) is 22.5 Å². The summed E-state index contributed by atoms with van der Waals surface area (Å²) < 4.78 is 0. The van der Waals surface area contributed by atoms with Crippen molar-refractivity contribution in [3.05, 3.63) is 22.8 Å². The molecular weight excluding hydrogens is 266 g/mol. The van der Waals surface area contributed by atoms with E-state index >= 15 is 0 Å². The Morgan fingerprint density at radius 3 is 3.11 bits per heavy atom. The first kappa shape index (κ1) is 13.5. The highest BCUT2D eigenvalue weighted by Gasteiger charge is 2.22. The average molecular weight is 282 g/mol. The highest BCUT2D eigenvalue weighted by molar-refractivity contribution is 7.99. The molecule has 5 heteroatoms. The van der Waals surface area contributed by atoms with Crippen molar-refractivity contribution in [1.82, 2.24) is 4.98 Å². The van der Waals surface area contributed by atoms with Gasteiger partial charge in [0.2, 0.25) is 0 Å². The zero-order chi connectivity index (χ0) is 13.0. The average Bonchev–Trinajstić information content (AvgIpc) is 2.41. The maximum absolute atomic E-state index is 8.94. The van der Waals surface area contributed by atoms with E-state index in [0.29, 0.717) is 27.7 Å². The molecule has 1 aliphatic carbocycles. The van der Waals surface area contributed by atoms with Gasteiger partial charge in [-0.25, -0.2) is 4.98 Å². The van der Waals surface area contributed by atoms with Crippen molar-refractivity contribution >= 4 is 29.2 Å². The van der Waals surface area contributed by atoms with Crippen LogP contribution in [0.1, 0.15) is 31.2 Å². The summed E-state index contributed by atoms with van der Waals surface area (Å²) in [6, 6.07) is 4.13. The van der Waals surface area contributed by atoms with Gasteiger partial charge < -0.3 is 5.32 Å². The number of thioether (sulfide) groups is 1. The molecule has 2 unspecified atom stereocenters. The van der Waals surface area contributed by atoms with Crippen LogP contribution >= 0.6 is 23.4 Å². The Morgan fingerprint density at radius 2 is 2.39 bits per heavy atom. The number of halogens is 1. The van der Waals surface area contributed by atoms with Gasteiger partial charge in [-0.3, -0.25) is 0 Å². The lowest BCUT2D eigenvalue weighted by Gasteiger charge is -2.29. The van der Waals surface area contributed by atoms with Gasteiger partial charge in [0.1, 0.15) is 16.9 Å². The van der Waals surface area contributed by atoms with Gasteiger partial charge >= 0.3 is 0 Å². The van der Waals surface area contributed by atoms with Crippen LogP contribution in [0.3, 0.4) is 0 Å². The standard InChI is InChI=1S/C13H16ClN3S/c1-18-11-4-2-3-10(7-11)17-13-12(14)9(8-15)5-6-16-13/h5-6,10-11H,2-4,7H2,1H3,(H,16,17). The number of anilines is 1. The fraction of sp³-hybridized carbons (Fsp3) is 0.538. The SMILES string of the molecule is CSC1CCCC(Nc2nccc(C#N)c2Cl)C1. The van der Waals surface area contributed by atoms with Crippen LogP contribution in [0.25, 0.3) is 0 Å². The van der Waals surface area contributed by atoms with Gasteiger partial charge in [-0.2, -0.15) is 17.0 Å². The summed E-state index contributed by atoms with van der Waals surface area (Å²) in [6.07, 6.45) is 8.59. The number of aromatic nitrogens is 1. The quantitative estimate of drug-likeness (QED) is 0.918. The van der Waals surface area contributed by atoms with Crippen LogP contribution in [0.15, 0.2) is 12.3 Å². The Balaban J connectivity index is 2.07. The molecule has 0 spiro atoms. The van der Waals surface area contributed by atoms with Gasteiger partial charge in [0.15, 0.2) is 0 Å². The van der Waals surface area contributed by atoms with E-state index in [2.05, 4.69) is 22.6 Å². The van der Waals surface area contributed by atoms with Gasteiger partial charge in [0.25, 0.3) is 0 Å². The molecule has 1 saturated carbocycles. The lowest BCUT2D eigenvalue weighted by Crippen LogP contribution is -2.29. The number of nitrogens with zero attached hydrogens (tertiary/aromatic N) is 2. The smallest absolute Gasteiger partial charge is 0.146 e. The van der Waals surface area contributed by atoms with Gasteiger partial charge in [-0.15, -0.1) is 0 Å². The fourth-order valence-corrected chi connectivity index (χ4v) is 3.35. The van der Waals surface area contributed by atoms with Gasteiger partial charge in [0.05, 0.1) is 5.56 Å². The molecule has 2 atom stereocenters. The third kappa shape index (κ3) is 3.09. The molecule has 18 heavy (non-hydrogen) atoms. The molecule has 0 bridgehead atoms. The molecule has 0 saturated heterocycles. The van der Waals surface area contributed by atoms with Gasteiger partial charge in [-0.1, -0.05) is 18.0 Å². The summed E-state index contributed by atoms with van der Waals surface area (Å²) in [7, 11) is 0. The van der Waals surface area contributed by atoms with Crippen molar-refractivity contribution in [3.63, 3.8) is 0 Å². The largest absolute Gasteiger partial charge is 0.366 e. The first-order chi connectivity index (χ1) is 8.74. The number of pyridine rings is 1. The first-order valence-corrected chi connectivity index (χ1v) is 7.75. The summed E-state index contributed by atoms with van der Waals surface area (Å²) in [5.74, 6) is 0.641. The zero-order valence-corrected chi connectivity index (χ0v) is 11.9. The van der Waals surface area contributed by atoms with E-state index in [4.69, 9.17) is 16.9 Å². The highest BCUT2D eigenvalue weighted by Crippen LogP contribution is 2.30. The monoisotopic (exact) mass is 281 g/mol. The molecule has 0 radical (unpaired) electrons. The Morgan fingerprint density at radius 1 is 1.56 bits per heavy atom. The molecule has 0 aromatic carbocycles. The Kier molecular flexibility index (Phi) is 4.73. The Labute approximate surface area is 117 Å². The minimum absolute atomic E-state index is 0.412. The zero-order valence-electron chi connectivity index (χ0n) is 10.3. The molecule has 1 fully saturated rings. The van der Waals surface area contributed by atoms with Crippen LogP contribution in [0.2, 0.25) is 5.02 Å². The summed E-state index contributed by atoms with van der Waals surface area (Å²) in [5.41, 5.74) is 0.478. The molecule has 0 amide bonds. The van der Waals surface area contributed by atoms with E-state index in [9.17, 15) is 0 Å². The third-order valence-corrected chi connectivity index (χ3v) is 4.79. The molecule has 1 aromatic heterocycles. The lowest BCUT2D eigenvalue weighted by molar-refractivity contribution is 0.473. The maximum Gasteiger partial charge on any atom is 0.146 e.